The number of aliphatic hydroxyl groups excluding tert-OH is 1. The van der Waals surface area contributed by atoms with E-state index in [2.05, 4.69) is 5.32 Å². The molecule has 0 spiro atoms. The molecule has 0 aliphatic rings. The van der Waals surface area contributed by atoms with Crippen molar-refractivity contribution in [3.05, 3.63) is 29.1 Å². The van der Waals surface area contributed by atoms with Crippen LogP contribution in [0.1, 0.15) is 30.6 Å². The predicted molar refractivity (Wildman–Crippen MR) is 61.2 cm³/mol. The summed E-state index contributed by atoms with van der Waals surface area (Å²) < 4.78 is 39.3. The van der Waals surface area contributed by atoms with Crippen LogP contribution in [-0.2, 0) is 0 Å². The van der Waals surface area contributed by atoms with E-state index in [1.165, 1.54) is 6.92 Å². The van der Waals surface area contributed by atoms with Crippen molar-refractivity contribution in [3.63, 3.8) is 0 Å². The van der Waals surface area contributed by atoms with E-state index >= 15 is 0 Å². The molecular weight excluding hydrogens is 263 g/mol. The molecule has 0 saturated carbocycles. The Bertz CT molecular complexity index is 492. The average molecular weight is 277 g/mol. The molecule has 1 aromatic carbocycles. The van der Waals surface area contributed by atoms with Crippen molar-refractivity contribution in [1.82, 2.24) is 5.32 Å². The summed E-state index contributed by atoms with van der Waals surface area (Å²) in [6, 6.07) is -0.128. The quantitative estimate of drug-likeness (QED) is 0.734. The molecule has 2 atom stereocenters. The van der Waals surface area contributed by atoms with Gasteiger partial charge in [0.25, 0.3) is 5.91 Å². The highest BCUT2D eigenvalue weighted by atomic mass is 19.2. The summed E-state index contributed by atoms with van der Waals surface area (Å²) in [5.74, 6) is -7.33. The summed E-state index contributed by atoms with van der Waals surface area (Å²) in [6.07, 6.45) is -0.471. The lowest BCUT2D eigenvalue weighted by Gasteiger charge is -2.16. The first-order valence-corrected chi connectivity index (χ1v) is 5.59. The predicted octanol–water partition coefficient (Wildman–Crippen LogP) is 1.70. The second-order valence-electron chi connectivity index (χ2n) is 4.34. The Kier molecular flexibility index (Phi) is 4.77. The monoisotopic (exact) mass is 277 g/mol. The number of amides is 1. The minimum absolute atomic E-state index is 0.211. The van der Waals surface area contributed by atoms with Gasteiger partial charge in [0, 0.05) is 6.04 Å². The number of nitrogens with one attached hydrogen (secondary N) is 1. The minimum Gasteiger partial charge on any atom is -0.503 e. The van der Waals surface area contributed by atoms with E-state index in [0.29, 0.717) is 6.07 Å². The highest BCUT2D eigenvalue weighted by Crippen LogP contribution is 2.25. The fourth-order valence-electron chi connectivity index (χ4n) is 1.63. The van der Waals surface area contributed by atoms with Crippen LogP contribution in [0, 0.1) is 17.5 Å². The maximum atomic E-state index is 13.4. The molecule has 0 aliphatic heterocycles. The van der Waals surface area contributed by atoms with Gasteiger partial charge in [-0.3, -0.25) is 4.79 Å². The van der Waals surface area contributed by atoms with Gasteiger partial charge < -0.3 is 15.5 Å². The van der Waals surface area contributed by atoms with Crippen LogP contribution in [0.4, 0.5) is 13.2 Å². The van der Waals surface area contributed by atoms with Crippen molar-refractivity contribution in [1.29, 1.82) is 0 Å². The van der Waals surface area contributed by atoms with Gasteiger partial charge in [0.2, 0.25) is 5.82 Å². The van der Waals surface area contributed by atoms with E-state index in [0.717, 1.165) is 0 Å². The number of phenolic OH excluding ortho intramolecular Hbond substituents is 1. The van der Waals surface area contributed by atoms with Gasteiger partial charge in [0.05, 0.1) is 11.7 Å². The van der Waals surface area contributed by atoms with E-state index in [4.69, 9.17) is 10.2 Å². The zero-order valence-electron chi connectivity index (χ0n) is 10.4. The summed E-state index contributed by atoms with van der Waals surface area (Å²) in [6.45, 7) is 3.06. The van der Waals surface area contributed by atoms with Gasteiger partial charge in [0.1, 0.15) is 0 Å². The lowest BCUT2D eigenvalue weighted by Crippen LogP contribution is -2.35. The molecule has 7 heteroatoms. The zero-order valence-corrected chi connectivity index (χ0v) is 10.4. The molecule has 106 valence electrons. The fraction of sp³-hybridized carbons (Fsp3) is 0.417. The highest BCUT2D eigenvalue weighted by molar-refractivity contribution is 5.95. The van der Waals surface area contributed by atoms with Crippen LogP contribution in [0.2, 0.25) is 0 Å². The molecular formula is C12H14F3NO3. The van der Waals surface area contributed by atoms with Crippen LogP contribution >= 0.6 is 0 Å². The van der Waals surface area contributed by atoms with Gasteiger partial charge >= 0.3 is 0 Å². The lowest BCUT2D eigenvalue weighted by atomic mass is 10.1. The molecule has 0 heterocycles. The number of halogens is 3. The molecule has 3 N–H and O–H groups in total. The van der Waals surface area contributed by atoms with Crippen molar-refractivity contribution in [2.45, 2.75) is 32.4 Å². The Balaban J connectivity index is 2.95. The van der Waals surface area contributed by atoms with Crippen LogP contribution in [-0.4, -0.2) is 28.3 Å². The van der Waals surface area contributed by atoms with Crippen molar-refractivity contribution >= 4 is 5.91 Å². The first-order valence-electron chi connectivity index (χ1n) is 5.59. The van der Waals surface area contributed by atoms with Gasteiger partial charge in [-0.1, -0.05) is 0 Å². The summed E-state index contributed by atoms with van der Waals surface area (Å²) in [4.78, 5) is 11.6. The zero-order chi connectivity index (χ0) is 14.7. The third-order valence-corrected chi connectivity index (χ3v) is 2.45. The van der Waals surface area contributed by atoms with E-state index in [1.54, 1.807) is 6.92 Å². The number of aliphatic hydroxyl groups is 1. The normalized spacial score (nSPS) is 14.0. The molecule has 19 heavy (non-hydrogen) atoms. The number of benzene rings is 1. The smallest absolute Gasteiger partial charge is 0.254 e. The number of carbonyl (C=O) groups is 1. The summed E-state index contributed by atoms with van der Waals surface area (Å²) in [5.41, 5.74) is -0.797. The fourth-order valence-corrected chi connectivity index (χ4v) is 1.63. The van der Waals surface area contributed by atoms with Gasteiger partial charge in [-0.15, -0.1) is 0 Å². The van der Waals surface area contributed by atoms with E-state index in [-0.39, 0.29) is 6.42 Å². The molecule has 1 aromatic rings. The van der Waals surface area contributed by atoms with E-state index in [1.807, 2.05) is 0 Å². The minimum atomic E-state index is -1.74. The van der Waals surface area contributed by atoms with Crippen molar-refractivity contribution in [3.8, 4) is 5.75 Å². The molecule has 1 rings (SSSR count). The number of rotatable bonds is 4. The van der Waals surface area contributed by atoms with Crippen LogP contribution in [0.3, 0.4) is 0 Å². The highest BCUT2D eigenvalue weighted by Gasteiger charge is 2.23. The summed E-state index contributed by atoms with van der Waals surface area (Å²) in [7, 11) is 0. The summed E-state index contributed by atoms with van der Waals surface area (Å²) in [5, 5.41) is 20.4. The van der Waals surface area contributed by atoms with Crippen LogP contribution in [0.15, 0.2) is 6.07 Å². The van der Waals surface area contributed by atoms with Gasteiger partial charge in [-0.05, 0) is 26.3 Å². The van der Waals surface area contributed by atoms with E-state index < -0.39 is 46.8 Å². The molecule has 4 nitrogen and oxygen atoms in total. The van der Waals surface area contributed by atoms with Gasteiger partial charge in [-0.2, -0.15) is 4.39 Å². The summed E-state index contributed by atoms with van der Waals surface area (Å²) >= 11 is 0. The molecule has 2 unspecified atom stereocenters. The molecule has 1 amide bonds. The average Bonchev–Trinajstić information content (AvgIpc) is 2.29. The molecule has 0 radical (unpaired) electrons. The Morgan fingerprint density at radius 1 is 1.32 bits per heavy atom. The van der Waals surface area contributed by atoms with Crippen molar-refractivity contribution in [2.24, 2.45) is 0 Å². The Morgan fingerprint density at radius 2 is 1.89 bits per heavy atom. The number of aromatic hydroxyl groups is 1. The second-order valence-corrected chi connectivity index (χ2v) is 4.34. The van der Waals surface area contributed by atoms with Crippen LogP contribution in [0.5, 0.6) is 5.75 Å². The number of carbonyl (C=O) groups excluding carboxylic acids is 1. The van der Waals surface area contributed by atoms with Gasteiger partial charge in [0.15, 0.2) is 17.4 Å². The Morgan fingerprint density at radius 3 is 2.42 bits per heavy atom. The number of hydrogen-bond acceptors (Lipinski definition) is 3. The molecule has 0 aromatic heterocycles. The maximum absolute atomic E-state index is 13.4. The van der Waals surface area contributed by atoms with Crippen LogP contribution in [0.25, 0.3) is 0 Å². The number of hydrogen-bond donors (Lipinski definition) is 3. The third kappa shape index (κ3) is 3.60. The van der Waals surface area contributed by atoms with Gasteiger partial charge in [-0.25, -0.2) is 8.78 Å². The van der Waals surface area contributed by atoms with Crippen LogP contribution < -0.4 is 5.32 Å². The lowest BCUT2D eigenvalue weighted by molar-refractivity contribution is 0.0917. The maximum Gasteiger partial charge on any atom is 0.254 e. The SMILES string of the molecule is CC(O)CC(C)NC(=O)c1cc(F)c(F)c(O)c1F. The molecule has 0 saturated heterocycles. The van der Waals surface area contributed by atoms with E-state index in [9.17, 15) is 18.0 Å². The number of phenols is 1. The second kappa shape index (κ2) is 5.92. The molecule has 0 fully saturated rings. The largest absolute Gasteiger partial charge is 0.503 e. The Hall–Kier alpha value is -1.76. The van der Waals surface area contributed by atoms with Crippen molar-refractivity contribution in [2.75, 3.05) is 0 Å². The first kappa shape index (κ1) is 15.3. The molecule has 0 bridgehead atoms. The topological polar surface area (TPSA) is 69.6 Å². The Labute approximate surface area is 107 Å². The van der Waals surface area contributed by atoms with Crippen molar-refractivity contribution < 1.29 is 28.2 Å². The molecule has 0 aliphatic carbocycles. The third-order valence-electron chi connectivity index (χ3n) is 2.45. The standard InChI is InChI=1S/C12H14F3NO3/c1-5(3-6(2)17)16-12(19)7-4-8(13)10(15)11(18)9(7)14/h4-6,17-18H,3H2,1-2H3,(H,16,19). The first-order chi connectivity index (χ1) is 8.73.